The number of nitrogens with zero attached hydrogens (tertiary/aromatic N) is 1. The van der Waals surface area contributed by atoms with Gasteiger partial charge in [0.05, 0.1) is 11.7 Å². The van der Waals surface area contributed by atoms with Gasteiger partial charge in [0, 0.05) is 15.4 Å². The predicted molar refractivity (Wildman–Crippen MR) is 89.3 cm³/mol. The molecule has 0 amide bonds. The van der Waals surface area contributed by atoms with E-state index in [4.69, 9.17) is 0 Å². The molecule has 1 unspecified atom stereocenters. The van der Waals surface area contributed by atoms with Crippen LogP contribution in [0.1, 0.15) is 24.2 Å². The van der Waals surface area contributed by atoms with Crippen molar-refractivity contribution in [2.24, 2.45) is 0 Å². The Morgan fingerprint density at radius 3 is 2.90 bits per heavy atom. The Hall–Kier alpha value is -1.23. The summed E-state index contributed by atoms with van der Waals surface area (Å²) in [4.78, 5) is 4.56. The van der Waals surface area contributed by atoms with Crippen molar-refractivity contribution in [2.75, 3.05) is 6.54 Å². The molecule has 0 spiro atoms. The first-order valence-electron chi connectivity index (χ1n) is 6.60. The zero-order valence-corrected chi connectivity index (χ0v) is 13.5. The Kier molecular flexibility index (Phi) is 4.15. The number of hydrogen-bond donors (Lipinski definition) is 1. The maximum absolute atomic E-state index is 4.56. The summed E-state index contributed by atoms with van der Waals surface area (Å²) in [6, 6.07) is 12.9. The van der Waals surface area contributed by atoms with Crippen molar-refractivity contribution in [3.05, 3.63) is 63.7 Å². The molecule has 0 saturated carbocycles. The molecule has 1 atom stereocenters. The van der Waals surface area contributed by atoms with Crippen molar-refractivity contribution in [1.82, 2.24) is 10.3 Å². The standard InChI is InChI=1S/C16H15BrN2S/c1-2-18-15(14-7-6-12(17)10-19-14)13-5-3-4-11-8-9-20-16(11)13/h3-10,15,18H,2H2,1H3. The molecule has 3 aromatic rings. The van der Waals surface area contributed by atoms with Gasteiger partial charge in [-0.3, -0.25) is 4.98 Å². The Morgan fingerprint density at radius 1 is 1.25 bits per heavy atom. The van der Waals surface area contributed by atoms with Crippen LogP contribution in [0.5, 0.6) is 0 Å². The molecule has 4 heteroatoms. The number of aromatic nitrogens is 1. The van der Waals surface area contributed by atoms with Gasteiger partial charge < -0.3 is 5.32 Å². The van der Waals surface area contributed by atoms with Crippen LogP contribution in [0, 0.1) is 0 Å². The molecule has 0 saturated heterocycles. The van der Waals surface area contributed by atoms with Crippen LogP contribution in [0.2, 0.25) is 0 Å². The van der Waals surface area contributed by atoms with Gasteiger partial charge in [0.1, 0.15) is 0 Å². The first-order valence-corrected chi connectivity index (χ1v) is 8.28. The van der Waals surface area contributed by atoms with E-state index in [0.717, 1.165) is 16.7 Å². The lowest BCUT2D eigenvalue weighted by molar-refractivity contribution is 0.619. The number of hydrogen-bond acceptors (Lipinski definition) is 3. The van der Waals surface area contributed by atoms with E-state index in [1.54, 1.807) is 11.3 Å². The highest BCUT2D eigenvalue weighted by Crippen LogP contribution is 2.31. The van der Waals surface area contributed by atoms with Crippen molar-refractivity contribution in [1.29, 1.82) is 0 Å². The summed E-state index contributed by atoms with van der Waals surface area (Å²) in [5.74, 6) is 0. The van der Waals surface area contributed by atoms with Crippen LogP contribution in [0.15, 0.2) is 52.4 Å². The quantitative estimate of drug-likeness (QED) is 0.736. The van der Waals surface area contributed by atoms with Crippen LogP contribution < -0.4 is 5.32 Å². The summed E-state index contributed by atoms with van der Waals surface area (Å²) >= 11 is 5.23. The van der Waals surface area contributed by atoms with Crippen LogP contribution in [-0.4, -0.2) is 11.5 Å². The van der Waals surface area contributed by atoms with E-state index in [-0.39, 0.29) is 6.04 Å². The van der Waals surface area contributed by atoms with E-state index in [9.17, 15) is 0 Å². The normalized spacial score (nSPS) is 12.7. The number of rotatable bonds is 4. The molecular formula is C16H15BrN2S. The van der Waals surface area contributed by atoms with Crippen molar-refractivity contribution in [3.8, 4) is 0 Å². The predicted octanol–water partition coefficient (Wildman–Crippen LogP) is 4.76. The van der Waals surface area contributed by atoms with Gasteiger partial charge in [-0.2, -0.15) is 0 Å². The number of thiophene rings is 1. The summed E-state index contributed by atoms with van der Waals surface area (Å²) in [7, 11) is 0. The Bertz CT molecular complexity index is 706. The first kappa shape index (κ1) is 13.7. The van der Waals surface area contributed by atoms with E-state index in [0.29, 0.717) is 0 Å². The minimum Gasteiger partial charge on any atom is -0.305 e. The highest BCUT2D eigenvalue weighted by Gasteiger charge is 2.17. The number of fused-ring (bicyclic) bond motifs is 1. The lowest BCUT2D eigenvalue weighted by Crippen LogP contribution is -2.22. The van der Waals surface area contributed by atoms with Gasteiger partial charge in [-0.05, 0) is 57.0 Å². The third kappa shape index (κ3) is 2.64. The summed E-state index contributed by atoms with van der Waals surface area (Å²) in [5.41, 5.74) is 2.35. The third-order valence-electron chi connectivity index (χ3n) is 3.27. The average molecular weight is 347 g/mol. The van der Waals surface area contributed by atoms with E-state index in [1.165, 1.54) is 15.6 Å². The molecule has 2 nitrogen and oxygen atoms in total. The summed E-state index contributed by atoms with van der Waals surface area (Å²) in [5, 5.41) is 6.99. The molecule has 0 fully saturated rings. The lowest BCUT2D eigenvalue weighted by atomic mass is 10.0. The van der Waals surface area contributed by atoms with Crippen LogP contribution in [0.4, 0.5) is 0 Å². The molecule has 102 valence electrons. The number of halogens is 1. The van der Waals surface area contributed by atoms with Crippen LogP contribution >= 0.6 is 27.3 Å². The third-order valence-corrected chi connectivity index (χ3v) is 4.72. The Balaban J connectivity index is 2.10. The summed E-state index contributed by atoms with van der Waals surface area (Å²) in [6.45, 7) is 3.03. The summed E-state index contributed by atoms with van der Waals surface area (Å²) < 4.78 is 2.34. The largest absolute Gasteiger partial charge is 0.305 e. The number of pyridine rings is 1. The van der Waals surface area contributed by atoms with Gasteiger partial charge in [0.25, 0.3) is 0 Å². The topological polar surface area (TPSA) is 24.9 Å². The lowest BCUT2D eigenvalue weighted by Gasteiger charge is -2.18. The SMILES string of the molecule is CCNC(c1ccc(Br)cn1)c1cccc2ccsc12. The molecule has 0 aliphatic heterocycles. The Morgan fingerprint density at radius 2 is 2.15 bits per heavy atom. The second-order valence-corrected chi connectivity index (χ2v) is 6.41. The van der Waals surface area contributed by atoms with Crippen molar-refractivity contribution >= 4 is 37.4 Å². The van der Waals surface area contributed by atoms with E-state index < -0.39 is 0 Å². The van der Waals surface area contributed by atoms with Crippen molar-refractivity contribution in [2.45, 2.75) is 13.0 Å². The fourth-order valence-electron chi connectivity index (χ4n) is 2.38. The highest BCUT2D eigenvalue weighted by atomic mass is 79.9. The van der Waals surface area contributed by atoms with Gasteiger partial charge in [0.15, 0.2) is 0 Å². The fraction of sp³-hybridized carbons (Fsp3) is 0.188. The molecule has 20 heavy (non-hydrogen) atoms. The van der Waals surface area contributed by atoms with Gasteiger partial charge in [0.2, 0.25) is 0 Å². The smallest absolute Gasteiger partial charge is 0.0765 e. The van der Waals surface area contributed by atoms with E-state index >= 15 is 0 Å². The Labute approximate surface area is 131 Å². The minimum atomic E-state index is 0.135. The monoisotopic (exact) mass is 346 g/mol. The van der Waals surface area contributed by atoms with E-state index in [2.05, 4.69) is 68.9 Å². The minimum absolute atomic E-state index is 0.135. The first-order chi connectivity index (χ1) is 9.79. The van der Waals surface area contributed by atoms with Gasteiger partial charge in [-0.1, -0.05) is 25.1 Å². The van der Waals surface area contributed by atoms with E-state index in [1.807, 2.05) is 12.3 Å². The van der Waals surface area contributed by atoms with Gasteiger partial charge >= 0.3 is 0 Å². The van der Waals surface area contributed by atoms with Crippen molar-refractivity contribution < 1.29 is 0 Å². The maximum atomic E-state index is 4.56. The molecule has 2 heterocycles. The number of nitrogens with one attached hydrogen (secondary N) is 1. The maximum Gasteiger partial charge on any atom is 0.0765 e. The molecule has 2 aromatic heterocycles. The second-order valence-electron chi connectivity index (χ2n) is 4.58. The summed E-state index contributed by atoms with van der Waals surface area (Å²) in [6.07, 6.45) is 1.86. The van der Waals surface area contributed by atoms with Crippen LogP contribution in [0.25, 0.3) is 10.1 Å². The second kappa shape index (κ2) is 6.04. The fourth-order valence-corrected chi connectivity index (χ4v) is 3.56. The van der Waals surface area contributed by atoms with Gasteiger partial charge in [-0.15, -0.1) is 11.3 Å². The van der Waals surface area contributed by atoms with Crippen molar-refractivity contribution in [3.63, 3.8) is 0 Å². The van der Waals surface area contributed by atoms with Gasteiger partial charge in [-0.25, -0.2) is 0 Å². The molecular weight excluding hydrogens is 332 g/mol. The molecule has 1 N–H and O–H groups in total. The molecule has 0 bridgehead atoms. The molecule has 0 aliphatic rings. The molecule has 0 radical (unpaired) electrons. The molecule has 1 aromatic carbocycles. The average Bonchev–Trinajstić information content (AvgIpc) is 2.94. The van der Waals surface area contributed by atoms with Crippen LogP contribution in [-0.2, 0) is 0 Å². The molecule has 3 rings (SSSR count). The van der Waals surface area contributed by atoms with Crippen LogP contribution in [0.3, 0.4) is 0 Å². The number of benzene rings is 1. The molecule has 0 aliphatic carbocycles. The highest BCUT2D eigenvalue weighted by molar-refractivity contribution is 9.10. The zero-order chi connectivity index (χ0) is 13.9. The zero-order valence-electron chi connectivity index (χ0n) is 11.1.